The summed E-state index contributed by atoms with van der Waals surface area (Å²) in [5, 5.41) is 2.47. The Hall–Kier alpha value is -2.47. The highest BCUT2D eigenvalue weighted by molar-refractivity contribution is 6.33. The van der Waals surface area contributed by atoms with Gasteiger partial charge in [-0.1, -0.05) is 43.6 Å². The highest BCUT2D eigenvalue weighted by atomic mass is 35.5. The molecule has 0 aliphatic heterocycles. The first kappa shape index (κ1) is 20.8. The molecule has 2 aromatic rings. The van der Waals surface area contributed by atoms with Gasteiger partial charge in [-0.3, -0.25) is 4.79 Å². The molecule has 0 spiro atoms. The number of amides is 1. The van der Waals surface area contributed by atoms with Crippen LogP contribution in [0.2, 0.25) is 5.02 Å². The molecule has 0 unspecified atom stereocenters. The van der Waals surface area contributed by atoms with E-state index in [1.807, 2.05) is 39.0 Å². The molecule has 0 radical (unpaired) electrons. The zero-order valence-corrected chi connectivity index (χ0v) is 16.2. The minimum atomic E-state index is -1.23. The second kappa shape index (κ2) is 8.48. The van der Waals surface area contributed by atoms with E-state index in [4.69, 9.17) is 16.3 Å². The zero-order valence-electron chi connectivity index (χ0n) is 15.4. The molecule has 4 nitrogen and oxygen atoms in total. The number of esters is 1. The molecular formula is C20H20ClF2NO3. The SMILES string of the molecule is Cc1cccc(C(C)C)c1NC(=O)[C@H](C)OC(=O)c1cc(F)c(F)cc1Cl. The Morgan fingerprint density at radius 1 is 1.11 bits per heavy atom. The Labute approximate surface area is 161 Å². The minimum Gasteiger partial charge on any atom is -0.449 e. The topological polar surface area (TPSA) is 55.4 Å². The quantitative estimate of drug-likeness (QED) is 0.556. The number of hydrogen-bond donors (Lipinski definition) is 1. The van der Waals surface area contributed by atoms with Crippen LogP contribution in [0.15, 0.2) is 30.3 Å². The molecule has 0 aromatic heterocycles. The number of carbonyl (C=O) groups is 2. The molecule has 2 aromatic carbocycles. The Morgan fingerprint density at radius 3 is 2.37 bits per heavy atom. The summed E-state index contributed by atoms with van der Waals surface area (Å²) in [4.78, 5) is 24.6. The van der Waals surface area contributed by atoms with E-state index in [0.29, 0.717) is 17.8 Å². The van der Waals surface area contributed by atoms with E-state index in [1.54, 1.807) is 0 Å². The van der Waals surface area contributed by atoms with Crippen LogP contribution in [0.1, 0.15) is 48.2 Å². The van der Waals surface area contributed by atoms with Crippen LogP contribution in [0.3, 0.4) is 0 Å². The first-order valence-electron chi connectivity index (χ1n) is 8.37. The number of nitrogens with one attached hydrogen (secondary N) is 1. The predicted octanol–water partition coefficient (Wildman–Crippen LogP) is 5.23. The lowest BCUT2D eigenvalue weighted by Crippen LogP contribution is -2.30. The van der Waals surface area contributed by atoms with Crippen LogP contribution < -0.4 is 5.32 Å². The van der Waals surface area contributed by atoms with Crippen molar-refractivity contribution in [1.82, 2.24) is 0 Å². The summed E-state index contributed by atoms with van der Waals surface area (Å²) in [5.41, 5.74) is 2.13. The fourth-order valence-corrected chi connectivity index (χ4v) is 2.75. The third-order valence-corrected chi connectivity index (χ3v) is 4.37. The van der Waals surface area contributed by atoms with Gasteiger partial charge >= 0.3 is 5.97 Å². The molecule has 0 saturated carbocycles. The minimum absolute atomic E-state index is 0.180. The molecular weight excluding hydrogens is 376 g/mol. The first-order valence-corrected chi connectivity index (χ1v) is 8.75. The number of benzene rings is 2. The molecule has 0 bridgehead atoms. The van der Waals surface area contributed by atoms with Gasteiger partial charge in [0.1, 0.15) is 0 Å². The molecule has 0 aliphatic rings. The van der Waals surface area contributed by atoms with Gasteiger partial charge in [0.25, 0.3) is 5.91 Å². The number of halogens is 3. The van der Waals surface area contributed by atoms with Crippen molar-refractivity contribution in [3.05, 3.63) is 63.7 Å². The highest BCUT2D eigenvalue weighted by Crippen LogP contribution is 2.28. The molecule has 1 atom stereocenters. The summed E-state index contributed by atoms with van der Waals surface area (Å²) in [5.74, 6) is -3.79. The number of hydrogen-bond acceptors (Lipinski definition) is 3. The van der Waals surface area contributed by atoms with E-state index in [1.165, 1.54) is 6.92 Å². The summed E-state index contributed by atoms with van der Waals surface area (Å²) in [6.45, 7) is 7.24. The number of rotatable bonds is 5. The van der Waals surface area contributed by atoms with Crippen LogP contribution in [-0.2, 0) is 9.53 Å². The number of aryl methyl sites for hydroxylation is 1. The number of para-hydroxylation sites is 1. The van der Waals surface area contributed by atoms with Crippen molar-refractivity contribution in [2.75, 3.05) is 5.32 Å². The van der Waals surface area contributed by atoms with Gasteiger partial charge in [-0.05, 0) is 43.0 Å². The largest absolute Gasteiger partial charge is 0.449 e. The lowest BCUT2D eigenvalue weighted by molar-refractivity contribution is -0.123. The summed E-state index contributed by atoms with van der Waals surface area (Å²) >= 11 is 5.76. The summed E-state index contributed by atoms with van der Waals surface area (Å²) < 4.78 is 31.5. The molecule has 27 heavy (non-hydrogen) atoms. The monoisotopic (exact) mass is 395 g/mol. The van der Waals surface area contributed by atoms with Gasteiger partial charge in [0.15, 0.2) is 17.7 Å². The Bertz CT molecular complexity index is 884. The van der Waals surface area contributed by atoms with Crippen molar-refractivity contribution in [2.24, 2.45) is 0 Å². The van der Waals surface area contributed by atoms with Crippen molar-refractivity contribution < 1.29 is 23.1 Å². The molecule has 0 heterocycles. The average Bonchev–Trinajstić information content (AvgIpc) is 2.59. The Balaban J connectivity index is 2.15. The number of anilines is 1. The van der Waals surface area contributed by atoms with Gasteiger partial charge in [0.05, 0.1) is 10.6 Å². The number of carbonyl (C=O) groups excluding carboxylic acids is 2. The summed E-state index contributed by atoms with van der Waals surface area (Å²) in [6, 6.07) is 6.99. The van der Waals surface area contributed by atoms with Crippen molar-refractivity contribution in [2.45, 2.75) is 39.7 Å². The van der Waals surface area contributed by atoms with Crippen LogP contribution in [0.25, 0.3) is 0 Å². The van der Waals surface area contributed by atoms with Crippen LogP contribution in [0, 0.1) is 18.6 Å². The standard InChI is InChI=1S/C20H20ClF2NO3/c1-10(2)13-7-5-6-11(3)18(13)24-19(25)12(4)27-20(26)14-8-16(22)17(23)9-15(14)21/h5-10,12H,1-4H3,(H,24,25)/t12-/m0/s1. The van der Waals surface area contributed by atoms with Gasteiger partial charge in [0, 0.05) is 5.69 Å². The molecule has 2 rings (SSSR count). The van der Waals surface area contributed by atoms with Gasteiger partial charge in [-0.2, -0.15) is 0 Å². The maximum atomic E-state index is 13.3. The zero-order chi connectivity index (χ0) is 20.3. The summed E-state index contributed by atoms with van der Waals surface area (Å²) in [6.07, 6.45) is -1.17. The van der Waals surface area contributed by atoms with E-state index in [-0.39, 0.29) is 16.5 Å². The van der Waals surface area contributed by atoms with Crippen LogP contribution in [0.5, 0.6) is 0 Å². The fraction of sp³-hybridized carbons (Fsp3) is 0.300. The third kappa shape index (κ3) is 4.83. The van der Waals surface area contributed by atoms with Crippen molar-refractivity contribution >= 4 is 29.2 Å². The molecule has 144 valence electrons. The van der Waals surface area contributed by atoms with Crippen molar-refractivity contribution in [3.63, 3.8) is 0 Å². The maximum Gasteiger partial charge on any atom is 0.340 e. The number of ether oxygens (including phenoxy) is 1. The Kier molecular flexibility index (Phi) is 6.54. The van der Waals surface area contributed by atoms with Gasteiger partial charge in [-0.25, -0.2) is 13.6 Å². The first-order chi connectivity index (χ1) is 12.6. The smallest absolute Gasteiger partial charge is 0.340 e. The van der Waals surface area contributed by atoms with Crippen molar-refractivity contribution in [1.29, 1.82) is 0 Å². The van der Waals surface area contributed by atoms with Gasteiger partial charge in [-0.15, -0.1) is 0 Å². The molecule has 0 fully saturated rings. The molecule has 1 amide bonds. The molecule has 1 N–H and O–H groups in total. The van der Waals surface area contributed by atoms with Gasteiger partial charge in [0.2, 0.25) is 0 Å². The lowest BCUT2D eigenvalue weighted by Gasteiger charge is -2.19. The molecule has 7 heteroatoms. The predicted molar refractivity (Wildman–Crippen MR) is 100 cm³/mol. The average molecular weight is 396 g/mol. The maximum absolute atomic E-state index is 13.3. The van der Waals surface area contributed by atoms with Crippen LogP contribution in [0.4, 0.5) is 14.5 Å². The summed E-state index contributed by atoms with van der Waals surface area (Å²) in [7, 11) is 0. The molecule has 0 saturated heterocycles. The van der Waals surface area contributed by atoms with E-state index in [0.717, 1.165) is 11.1 Å². The third-order valence-electron chi connectivity index (χ3n) is 4.06. The van der Waals surface area contributed by atoms with E-state index in [2.05, 4.69) is 5.32 Å². The normalized spacial score (nSPS) is 12.0. The molecule has 0 aliphatic carbocycles. The fourth-order valence-electron chi connectivity index (χ4n) is 2.52. The Morgan fingerprint density at radius 2 is 1.74 bits per heavy atom. The van der Waals surface area contributed by atoms with Crippen LogP contribution >= 0.6 is 11.6 Å². The highest BCUT2D eigenvalue weighted by Gasteiger charge is 2.23. The van der Waals surface area contributed by atoms with E-state index < -0.39 is 29.6 Å². The van der Waals surface area contributed by atoms with Gasteiger partial charge < -0.3 is 10.1 Å². The van der Waals surface area contributed by atoms with Crippen molar-refractivity contribution in [3.8, 4) is 0 Å². The second-order valence-corrected chi connectivity index (χ2v) is 6.88. The lowest BCUT2D eigenvalue weighted by atomic mass is 9.98. The second-order valence-electron chi connectivity index (χ2n) is 6.48. The van der Waals surface area contributed by atoms with E-state index in [9.17, 15) is 18.4 Å². The van der Waals surface area contributed by atoms with E-state index >= 15 is 0 Å². The van der Waals surface area contributed by atoms with Crippen LogP contribution in [-0.4, -0.2) is 18.0 Å².